The first-order valence-corrected chi connectivity index (χ1v) is 11.3. The van der Waals surface area contributed by atoms with Gasteiger partial charge in [0.25, 0.3) is 15.9 Å². The number of ether oxygens (including phenoxy) is 1. The van der Waals surface area contributed by atoms with Crippen LogP contribution in [0.25, 0.3) is 0 Å². The largest absolute Gasteiger partial charge is 0.462 e. The van der Waals surface area contributed by atoms with E-state index >= 15 is 0 Å². The van der Waals surface area contributed by atoms with E-state index in [2.05, 4.69) is 9.71 Å². The van der Waals surface area contributed by atoms with Gasteiger partial charge in [0.2, 0.25) is 0 Å². The summed E-state index contributed by atoms with van der Waals surface area (Å²) < 4.78 is 32.7. The molecule has 0 fully saturated rings. The quantitative estimate of drug-likeness (QED) is 0.728. The fourth-order valence-electron chi connectivity index (χ4n) is 3.08. The predicted octanol–water partition coefficient (Wildman–Crippen LogP) is 2.23. The third kappa shape index (κ3) is 3.88. The minimum absolute atomic E-state index is 0.0907. The zero-order valence-electron chi connectivity index (χ0n) is 15.8. The number of anilines is 1. The molecular formula is C18H21N3O5S2. The van der Waals surface area contributed by atoms with Crippen LogP contribution in [0.2, 0.25) is 0 Å². The second kappa shape index (κ2) is 7.88. The van der Waals surface area contributed by atoms with Gasteiger partial charge in [0.05, 0.1) is 23.5 Å². The Morgan fingerprint density at radius 3 is 2.79 bits per heavy atom. The van der Waals surface area contributed by atoms with Crippen LogP contribution in [-0.4, -0.2) is 49.9 Å². The van der Waals surface area contributed by atoms with Gasteiger partial charge in [-0.3, -0.25) is 4.79 Å². The molecule has 0 unspecified atom stereocenters. The molecule has 0 atom stereocenters. The Morgan fingerprint density at radius 2 is 2.11 bits per heavy atom. The van der Waals surface area contributed by atoms with Gasteiger partial charge in [-0.1, -0.05) is 6.92 Å². The Morgan fingerprint density at radius 1 is 1.36 bits per heavy atom. The van der Waals surface area contributed by atoms with Gasteiger partial charge in [-0.05, 0) is 38.0 Å². The smallest absolute Gasteiger partial charge is 0.341 e. The Balaban J connectivity index is 1.95. The summed E-state index contributed by atoms with van der Waals surface area (Å²) in [4.78, 5) is 27.9. The summed E-state index contributed by atoms with van der Waals surface area (Å²) in [6.07, 6.45) is 5.47. The van der Waals surface area contributed by atoms with Crippen LogP contribution in [0.5, 0.6) is 0 Å². The van der Waals surface area contributed by atoms with Crippen molar-refractivity contribution in [3.63, 3.8) is 0 Å². The molecular weight excluding hydrogens is 402 g/mol. The van der Waals surface area contributed by atoms with Gasteiger partial charge >= 0.3 is 5.97 Å². The fraction of sp³-hybridized carbons (Fsp3) is 0.389. The molecule has 1 aromatic heterocycles. The zero-order valence-corrected chi connectivity index (χ0v) is 17.4. The molecule has 2 aliphatic rings. The summed E-state index contributed by atoms with van der Waals surface area (Å²) in [5, 5.41) is 3.14. The van der Waals surface area contributed by atoms with Crippen molar-refractivity contribution < 1.29 is 22.7 Å². The lowest BCUT2D eigenvalue weighted by atomic mass is 10.1. The van der Waals surface area contributed by atoms with Crippen LogP contribution >= 0.6 is 11.3 Å². The number of amides is 1. The zero-order chi connectivity index (χ0) is 20.5. The number of esters is 1. The highest BCUT2D eigenvalue weighted by Gasteiger charge is 2.31. The number of allylic oxidation sites excluding steroid dienone is 2. The van der Waals surface area contributed by atoms with Crippen LogP contribution in [0.15, 0.2) is 28.3 Å². The number of nitrogens with zero attached hydrogens (tertiary/aromatic N) is 2. The lowest BCUT2D eigenvalue weighted by Gasteiger charge is -2.28. The average molecular weight is 424 g/mol. The summed E-state index contributed by atoms with van der Waals surface area (Å²) in [7, 11) is -3.61. The van der Waals surface area contributed by atoms with Crippen LogP contribution in [-0.2, 0) is 26.0 Å². The highest BCUT2D eigenvalue weighted by Crippen LogP contribution is 2.34. The molecule has 0 spiro atoms. The number of hydrogen-bond donors (Lipinski definition) is 1. The molecule has 0 bridgehead atoms. The highest BCUT2D eigenvalue weighted by molar-refractivity contribution is 7.90. The van der Waals surface area contributed by atoms with Crippen molar-refractivity contribution in [1.82, 2.24) is 4.90 Å². The topological polar surface area (TPSA) is 105 Å². The molecule has 10 heteroatoms. The molecule has 150 valence electrons. The summed E-state index contributed by atoms with van der Waals surface area (Å²) in [6, 6.07) is 0. The standard InChI is InChI=1S/C18H21N3O5S2/c1-4-12-11(3)27-17(14(12)18(23)26-5-2)19-16(22)13-7-6-8-21-9-10-28(24,25)20-15(13)21/h6-8H,4-5,9-10H2,1-3H3,(H,19,22). The van der Waals surface area contributed by atoms with Gasteiger partial charge in [0.1, 0.15) is 5.00 Å². The van der Waals surface area contributed by atoms with Crippen molar-refractivity contribution in [1.29, 1.82) is 0 Å². The predicted molar refractivity (Wildman–Crippen MR) is 108 cm³/mol. The molecule has 0 saturated carbocycles. The molecule has 28 heavy (non-hydrogen) atoms. The molecule has 1 aromatic rings. The maximum Gasteiger partial charge on any atom is 0.341 e. The van der Waals surface area contributed by atoms with E-state index in [4.69, 9.17) is 4.74 Å². The number of sulfonamides is 1. The normalized spacial score (nSPS) is 17.5. The number of hydrogen-bond acceptors (Lipinski definition) is 7. The van der Waals surface area contributed by atoms with E-state index in [0.717, 1.165) is 10.4 Å². The minimum atomic E-state index is -3.61. The number of rotatable bonds is 5. The second-order valence-corrected chi connectivity index (χ2v) is 9.16. The van der Waals surface area contributed by atoms with E-state index in [9.17, 15) is 18.0 Å². The maximum atomic E-state index is 12.9. The Labute approximate surface area is 167 Å². The van der Waals surface area contributed by atoms with Crippen molar-refractivity contribution >= 4 is 44.1 Å². The van der Waals surface area contributed by atoms with Crippen LogP contribution in [0.3, 0.4) is 0 Å². The number of carbonyl (C=O) groups is 2. The van der Waals surface area contributed by atoms with Gasteiger partial charge in [-0.2, -0.15) is 0 Å². The number of thiophene rings is 1. The van der Waals surface area contributed by atoms with Gasteiger partial charge < -0.3 is 15.0 Å². The van der Waals surface area contributed by atoms with Gasteiger partial charge in [0, 0.05) is 17.6 Å². The van der Waals surface area contributed by atoms with E-state index in [1.54, 1.807) is 24.1 Å². The maximum absolute atomic E-state index is 12.9. The van der Waals surface area contributed by atoms with E-state index in [1.807, 2.05) is 13.8 Å². The lowest BCUT2D eigenvalue weighted by Crippen LogP contribution is -2.40. The van der Waals surface area contributed by atoms with Crippen LogP contribution < -0.4 is 5.32 Å². The van der Waals surface area contributed by atoms with Gasteiger partial charge in [-0.25, -0.2) is 13.2 Å². The third-order valence-electron chi connectivity index (χ3n) is 4.37. The Hall–Kier alpha value is -2.46. The van der Waals surface area contributed by atoms with Crippen LogP contribution in [0.4, 0.5) is 5.00 Å². The van der Waals surface area contributed by atoms with Crippen molar-refractivity contribution in [3.05, 3.63) is 39.9 Å². The van der Waals surface area contributed by atoms with Crippen LogP contribution in [0, 0.1) is 6.92 Å². The summed E-state index contributed by atoms with van der Waals surface area (Å²) in [5.74, 6) is -1.03. The molecule has 0 saturated heterocycles. The summed E-state index contributed by atoms with van der Waals surface area (Å²) in [5.41, 5.74) is 1.31. The molecule has 1 N–H and O–H groups in total. The summed E-state index contributed by atoms with van der Waals surface area (Å²) in [6.45, 7) is 5.98. The first kappa shape index (κ1) is 20.3. The van der Waals surface area contributed by atoms with Crippen molar-refractivity contribution in [2.45, 2.75) is 27.2 Å². The van der Waals surface area contributed by atoms with E-state index in [1.165, 1.54) is 17.4 Å². The van der Waals surface area contributed by atoms with E-state index in [0.29, 0.717) is 17.0 Å². The molecule has 2 aliphatic heterocycles. The molecule has 8 nitrogen and oxygen atoms in total. The molecule has 0 aliphatic carbocycles. The number of nitrogens with one attached hydrogen (secondary N) is 1. The van der Waals surface area contributed by atoms with E-state index in [-0.39, 0.29) is 30.3 Å². The number of fused-ring (bicyclic) bond motifs is 1. The monoisotopic (exact) mass is 423 g/mol. The van der Waals surface area contributed by atoms with Crippen molar-refractivity contribution in [3.8, 4) is 0 Å². The van der Waals surface area contributed by atoms with Crippen LogP contribution in [0.1, 0.15) is 34.6 Å². The van der Waals surface area contributed by atoms with Gasteiger partial charge in [0.15, 0.2) is 5.84 Å². The van der Waals surface area contributed by atoms with E-state index < -0.39 is 21.9 Å². The van der Waals surface area contributed by atoms with Gasteiger partial charge in [-0.15, -0.1) is 15.7 Å². The lowest BCUT2D eigenvalue weighted by molar-refractivity contribution is -0.112. The first-order valence-electron chi connectivity index (χ1n) is 8.86. The fourth-order valence-corrected chi connectivity index (χ4v) is 5.19. The Kier molecular flexibility index (Phi) is 5.71. The van der Waals surface area contributed by atoms with Crippen molar-refractivity contribution in [2.24, 2.45) is 4.40 Å². The third-order valence-corrected chi connectivity index (χ3v) is 6.58. The molecule has 0 aromatic carbocycles. The number of carbonyl (C=O) groups excluding carboxylic acids is 2. The SMILES string of the molecule is CCOC(=O)c1c(NC(=O)C2=CC=CN3CCS(=O)(=O)N=C23)sc(C)c1CC. The number of amidine groups is 1. The first-order chi connectivity index (χ1) is 13.3. The average Bonchev–Trinajstić information content (AvgIpc) is 2.95. The second-order valence-electron chi connectivity index (χ2n) is 6.19. The molecule has 0 radical (unpaired) electrons. The Bertz CT molecular complexity index is 1020. The molecule has 1 amide bonds. The molecule has 3 rings (SSSR count). The molecule has 3 heterocycles. The highest BCUT2D eigenvalue weighted by atomic mass is 32.2. The van der Waals surface area contributed by atoms with Crippen molar-refractivity contribution in [2.75, 3.05) is 24.2 Å². The summed E-state index contributed by atoms with van der Waals surface area (Å²) >= 11 is 1.29. The number of aryl methyl sites for hydroxylation is 1. The minimum Gasteiger partial charge on any atom is -0.462 e.